The number of nitrogens with one attached hydrogen (secondary N) is 2. The molecule has 1 unspecified atom stereocenters. The minimum atomic E-state index is -0.201. The zero-order valence-corrected chi connectivity index (χ0v) is 16.3. The summed E-state index contributed by atoms with van der Waals surface area (Å²) in [5.74, 6) is 0.970. The minimum Gasteiger partial charge on any atom is -0.376 e. The first-order valence-corrected chi connectivity index (χ1v) is 10.0. The number of ether oxygens (including phenoxy) is 1. The summed E-state index contributed by atoms with van der Waals surface area (Å²) in [7, 11) is 0. The molecule has 1 atom stereocenters. The molecule has 7 nitrogen and oxygen atoms in total. The lowest BCUT2D eigenvalue weighted by Crippen LogP contribution is -2.32. The van der Waals surface area contributed by atoms with Crippen LogP contribution in [0.25, 0.3) is 0 Å². The molecule has 2 aliphatic rings. The summed E-state index contributed by atoms with van der Waals surface area (Å²) < 4.78 is 5.55. The van der Waals surface area contributed by atoms with Gasteiger partial charge in [-0.1, -0.05) is 0 Å². The number of anilines is 3. The predicted molar refractivity (Wildman–Crippen MR) is 109 cm³/mol. The van der Waals surface area contributed by atoms with Gasteiger partial charge in [0.05, 0.1) is 6.10 Å². The van der Waals surface area contributed by atoms with Crippen LogP contribution in [0, 0.1) is 6.92 Å². The number of aromatic nitrogens is 2. The molecule has 28 heavy (non-hydrogen) atoms. The molecule has 7 heteroatoms. The lowest BCUT2D eigenvalue weighted by atomic mass is 10.2. The van der Waals surface area contributed by atoms with E-state index in [4.69, 9.17) is 4.74 Å². The maximum atomic E-state index is 12.5. The van der Waals surface area contributed by atoms with E-state index in [1.54, 1.807) is 13.0 Å². The Morgan fingerprint density at radius 3 is 2.68 bits per heavy atom. The molecular formula is C21H27N5O2. The van der Waals surface area contributed by atoms with Crippen LogP contribution in [0.1, 0.15) is 42.0 Å². The van der Waals surface area contributed by atoms with Crippen LogP contribution in [-0.4, -0.2) is 48.2 Å². The molecule has 0 radical (unpaired) electrons. The van der Waals surface area contributed by atoms with Crippen LogP contribution >= 0.6 is 0 Å². The minimum absolute atomic E-state index is 0.110. The second-order valence-corrected chi connectivity index (χ2v) is 7.40. The Morgan fingerprint density at radius 2 is 1.96 bits per heavy atom. The number of rotatable bonds is 6. The number of aryl methyl sites for hydroxylation is 1. The largest absolute Gasteiger partial charge is 0.376 e. The number of carbonyl (C=O) groups is 1. The lowest BCUT2D eigenvalue weighted by Gasteiger charge is -2.18. The van der Waals surface area contributed by atoms with Gasteiger partial charge in [-0.25, -0.2) is 9.97 Å². The van der Waals surface area contributed by atoms with Crippen LogP contribution < -0.4 is 15.5 Å². The molecule has 2 aromatic rings. The molecule has 4 rings (SSSR count). The average molecular weight is 381 g/mol. The number of amides is 1. The molecule has 0 saturated carbocycles. The third-order valence-corrected chi connectivity index (χ3v) is 5.20. The normalized spacial score (nSPS) is 19.0. The van der Waals surface area contributed by atoms with Crippen molar-refractivity contribution >= 4 is 23.1 Å². The first-order valence-electron chi connectivity index (χ1n) is 10.0. The van der Waals surface area contributed by atoms with Gasteiger partial charge in [-0.2, -0.15) is 0 Å². The van der Waals surface area contributed by atoms with Crippen LogP contribution in [0.5, 0.6) is 0 Å². The third-order valence-electron chi connectivity index (χ3n) is 5.20. The summed E-state index contributed by atoms with van der Waals surface area (Å²) in [6.45, 7) is 5.34. The molecule has 2 aliphatic heterocycles. The molecule has 0 spiro atoms. The van der Waals surface area contributed by atoms with Crippen molar-refractivity contribution in [3.63, 3.8) is 0 Å². The highest BCUT2D eigenvalue weighted by atomic mass is 16.5. The quantitative estimate of drug-likeness (QED) is 0.801. The Kier molecular flexibility index (Phi) is 5.71. The summed E-state index contributed by atoms with van der Waals surface area (Å²) >= 11 is 0. The van der Waals surface area contributed by atoms with Gasteiger partial charge in [0.2, 0.25) is 0 Å². The fourth-order valence-corrected chi connectivity index (χ4v) is 3.73. The smallest absolute Gasteiger partial charge is 0.270 e. The highest BCUT2D eigenvalue weighted by molar-refractivity contribution is 5.93. The van der Waals surface area contributed by atoms with Gasteiger partial charge in [-0.05, 0) is 56.9 Å². The van der Waals surface area contributed by atoms with Gasteiger partial charge in [0.15, 0.2) is 0 Å². The van der Waals surface area contributed by atoms with E-state index >= 15 is 0 Å². The Hall–Kier alpha value is -2.67. The van der Waals surface area contributed by atoms with Crippen molar-refractivity contribution in [2.45, 2.75) is 38.7 Å². The van der Waals surface area contributed by atoms with Crippen molar-refractivity contribution in [2.75, 3.05) is 36.5 Å². The molecule has 1 aromatic heterocycles. The third kappa shape index (κ3) is 4.59. The van der Waals surface area contributed by atoms with E-state index < -0.39 is 0 Å². The first kappa shape index (κ1) is 18.7. The van der Waals surface area contributed by atoms with E-state index in [1.165, 1.54) is 18.5 Å². The highest BCUT2D eigenvalue weighted by Crippen LogP contribution is 2.23. The van der Waals surface area contributed by atoms with E-state index in [-0.39, 0.29) is 12.0 Å². The zero-order valence-electron chi connectivity index (χ0n) is 16.3. The standard InChI is InChI=1S/C21H27N5O2/c1-15-23-19(21(27)22-14-18-5-4-12-28-18)13-20(24-15)25-16-6-8-17(9-7-16)26-10-2-3-11-26/h6-9,13,18H,2-5,10-12,14H2,1H3,(H,22,27)(H,23,24,25). The maximum Gasteiger partial charge on any atom is 0.270 e. The van der Waals surface area contributed by atoms with Gasteiger partial charge in [-0.3, -0.25) is 4.79 Å². The number of hydrogen-bond donors (Lipinski definition) is 2. The van der Waals surface area contributed by atoms with E-state index in [0.717, 1.165) is 38.2 Å². The van der Waals surface area contributed by atoms with Gasteiger partial charge in [0, 0.05) is 43.7 Å². The highest BCUT2D eigenvalue weighted by Gasteiger charge is 2.18. The van der Waals surface area contributed by atoms with Gasteiger partial charge in [-0.15, -0.1) is 0 Å². The molecule has 0 aliphatic carbocycles. The van der Waals surface area contributed by atoms with Crippen molar-refractivity contribution in [2.24, 2.45) is 0 Å². The van der Waals surface area contributed by atoms with Crippen molar-refractivity contribution in [1.82, 2.24) is 15.3 Å². The van der Waals surface area contributed by atoms with E-state index in [0.29, 0.717) is 23.9 Å². The fraction of sp³-hybridized carbons (Fsp3) is 0.476. The van der Waals surface area contributed by atoms with Crippen molar-refractivity contribution < 1.29 is 9.53 Å². The summed E-state index contributed by atoms with van der Waals surface area (Å²) in [6.07, 6.45) is 4.68. The van der Waals surface area contributed by atoms with Crippen LogP contribution in [0.15, 0.2) is 30.3 Å². The van der Waals surface area contributed by atoms with Gasteiger partial charge >= 0.3 is 0 Å². The molecule has 2 N–H and O–H groups in total. The molecular weight excluding hydrogens is 354 g/mol. The van der Waals surface area contributed by atoms with Crippen molar-refractivity contribution in [3.8, 4) is 0 Å². The number of hydrogen-bond acceptors (Lipinski definition) is 6. The van der Waals surface area contributed by atoms with Crippen molar-refractivity contribution in [3.05, 3.63) is 41.9 Å². The molecule has 1 aromatic carbocycles. The number of nitrogens with zero attached hydrogens (tertiary/aromatic N) is 3. The monoisotopic (exact) mass is 381 g/mol. The Labute approximate surface area is 165 Å². The van der Waals surface area contributed by atoms with Crippen molar-refractivity contribution in [1.29, 1.82) is 0 Å². The molecule has 2 saturated heterocycles. The van der Waals surface area contributed by atoms with Gasteiger partial charge in [0.25, 0.3) is 5.91 Å². The van der Waals surface area contributed by atoms with Gasteiger partial charge in [0.1, 0.15) is 17.3 Å². The van der Waals surface area contributed by atoms with Gasteiger partial charge < -0.3 is 20.3 Å². The lowest BCUT2D eigenvalue weighted by molar-refractivity contribution is 0.0853. The second-order valence-electron chi connectivity index (χ2n) is 7.40. The van der Waals surface area contributed by atoms with E-state index in [1.807, 2.05) is 12.1 Å². The summed E-state index contributed by atoms with van der Waals surface area (Å²) in [5, 5.41) is 6.19. The molecule has 3 heterocycles. The van der Waals surface area contributed by atoms with E-state index in [9.17, 15) is 4.79 Å². The average Bonchev–Trinajstić information content (AvgIpc) is 3.40. The Balaban J connectivity index is 1.40. The van der Waals surface area contributed by atoms with Crippen LogP contribution in [-0.2, 0) is 4.74 Å². The summed E-state index contributed by atoms with van der Waals surface area (Å²) in [4.78, 5) is 23.5. The summed E-state index contributed by atoms with van der Waals surface area (Å²) in [5.41, 5.74) is 2.55. The second kappa shape index (κ2) is 8.56. The van der Waals surface area contributed by atoms with Crippen LogP contribution in [0.3, 0.4) is 0 Å². The maximum absolute atomic E-state index is 12.5. The fourth-order valence-electron chi connectivity index (χ4n) is 3.73. The topological polar surface area (TPSA) is 79.4 Å². The zero-order chi connectivity index (χ0) is 19.3. The molecule has 2 fully saturated rings. The van der Waals surface area contributed by atoms with Crippen LogP contribution in [0.2, 0.25) is 0 Å². The Morgan fingerprint density at radius 1 is 1.18 bits per heavy atom. The number of benzene rings is 1. The van der Waals surface area contributed by atoms with Crippen LogP contribution in [0.4, 0.5) is 17.2 Å². The predicted octanol–water partition coefficient (Wildman–Crippen LogP) is 3.04. The molecule has 1 amide bonds. The summed E-state index contributed by atoms with van der Waals surface area (Å²) in [6, 6.07) is 10.0. The first-order chi connectivity index (χ1) is 13.7. The SMILES string of the molecule is Cc1nc(Nc2ccc(N3CCCC3)cc2)cc(C(=O)NCC2CCCO2)n1. The Bertz CT molecular complexity index is 812. The molecule has 0 bridgehead atoms. The number of carbonyl (C=O) groups excluding carboxylic acids is 1. The molecule has 148 valence electrons. The van der Waals surface area contributed by atoms with E-state index in [2.05, 4.69) is 37.6 Å².